The molecule has 3 heterocycles. The fourth-order valence-corrected chi connectivity index (χ4v) is 13.3. The molecule has 5 aliphatic carbocycles. The maximum atomic E-state index is 13.5. The summed E-state index contributed by atoms with van der Waals surface area (Å²) in [6.45, 7) is 3.77. The van der Waals surface area contributed by atoms with Gasteiger partial charge in [-0.25, -0.2) is 9.97 Å². The van der Waals surface area contributed by atoms with Crippen LogP contribution in [0.5, 0.6) is 0 Å². The second kappa shape index (κ2) is 12.8. The molecule has 288 valence electrons. The topological polar surface area (TPSA) is 138 Å². The smallest absolute Gasteiger partial charge is 0.266 e. The normalized spacial score (nSPS) is 26.4. The van der Waals surface area contributed by atoms with Crippen molar-refractivity contribution in [1.29, 1.82) is 0 Å². The SMILES string of the molecule is Cc1ccc(S(=O)(=O)OC[C@H]2[C@H](COS(=O)(=O)c3ccc(C)cc3)[C@@H]3CC[C@H]2[C@@H]2[C@H]3[C@@H]3C[C@H]2c2cc4nc5c6cccnc6c6ncccc6c5nc4cc23)cc1. The Morgan fingerprint density at radius 3 is 1.42 bits per heavy atom. The van der Waals surface area contributed by atoms with Gasteiger partial charge in [-0.05, 0) is 152 Å². The van der Waals surface area contributed by atoms with Gasteiger partial charge in [0.25, 0.3) is 20.2 Å². The van der Waals surface area contributed by atoms with Gasteiger partial charge in [-0.15, -0.1) is 0 Å². The zero-order valence-electron chi connectivity index (χ0n) is 31.4. The molecule has 4 saturated carbocycles. The van der Waals surface area contributed by atoms with Crippen LogP contribution in [0.25, 0.3) is 43.9 Å². The average Bonchev–Trinajstić information content (AvgIpc) is 3.80. The monoisotopic (exact) mass is 796 g/mol. The molecule has 0 N–H and O–H groups in total. The van der Waals surface area contributed by atoms with Crippen molar-refractivity contribution in [2.45, 2.75) is 54.7 Å². The van der Waals surface area contributed by atoms with Crippen molar-refractivity contribution in [2.75, 3.05) is 13.2 Å². The fraction of sp³-hybridized carbons (Fsp3) is 0.333. The lowest BCUT2D eigenvalue weighted by Gasteiger charge is -2.58. The van der Waals surface area contributed by atoms with E-state index in [0.29, 0.717) is 11.8 Å². The summed E-state index contributed by atoms with van der Waals surface area (Å²) in [5.41, 5.74) is 9.43. The van der Waals surface area contributed by atoms with E-state index in [1.54, 1.807) is 60.9 Å². The first-order valence-corrected chi connectivity index (χ1v) is 22.6. The third-order valence-corrected chi connectivity index (χ3v) is 16.4. The number of aryl methyl sites for hydroxylation is 2. The summed E-state index contributed by atoms with van der Waals surface area (Å²) in [7, 11) is -8.09. The van der Waals surface area contributed by atoms with Crippen molar-refractivity contribution < 1.29 is 25.2 Å². The Morgan fingerprint density at radius 1 is 0.579 bits per heavy atom. The Bertz CT molecular complexity index is 2810. The van der Waals surface area contributed by atoms with Crippen molar-refractivity contribution in [2.24, 2.45) is 35.5 Å². The number of hydrogen-bond acceptors (Lipinski definition) is 10. The number of aromatic nitrogens is 4. The second-order valence-electron chi connectivity index (χ2n) is 16.6. The van der Waals surface area contributed by atoms with Crippen molar-refractivity contribution >= 4 is 64.1 Å². The van der Waals surface area contributed by atoms with Gasteiger partial charge in [0, 0.05) is 23.2 Å². The molecule has 4 bridgehead atoms. The van der Waals surface area contributed by atoms with Crippen molar-refractivity contribution in [3.05, 3.63) is 120 Å². The minimum absolute atomic E-state index is 0.0252. The number of hydrogen-bond donors (Lipinski definition) is 0. The maximum absolute atomic E-state index is 13.5. The first-order chi connectivity index (χ1) is 27.6. The largest absolute Gasteiger partial charge is 0.296 e. The van der Waals surface area contributed by atoms with E-state index in [-0.39, 0.29) is 58.5 Å². The zero-order valence-corrected chi connectivity index (χ0v) is 33.1. The molecule has 7 aromatic rings. The highest BCUT2D eigenvalue weighted by atomic mass is 32.2. The summed E-state index contributed by atoms with van der Waals surface area (Å²) in [5, 5.41) is 1.83. The third-order valence-electron chi connectivity index (χ3n) is 13.8. The van der Waals surface area contributed by atoms with Crippen LogP contribution in [0.1, 0.15) is 53.4 Å². The molecule has 10 nitrogen and oxygen atoms in total. The van der Waals surface area contributed by atoms with Gasteiger partial charge >= 0.3 is 0 Å². The van der Waals surface area contributed by atoms with Crippen LogP contribution < -0.4 is 0 Å². The van der Waals surface area contributed by atoms with Gasteiger partial charge in [0.15, 0.2) is 0 Å². The van der Waals surface area contributed by atoms with E-state index in [4.69, 9.17) is 18.3 Å². The minimum atomic E-state index is -4.04. The van der Waals surface area contributed by atoms with Gasteiger partial charge in [-0.1, -0.05) is 35.4 Å². The predicted octanol–water partition coefficient (Wildman–Crippen LogP) is 8.40. The van der Waals surface area contributed by atoms with E-state index in [9.17, 15) is 16.8 Å². The molecule has 0 saturated heterocycles. The van der Waals surface area contributed by atoms with Gasteiger partial charge < -0.3 is 0 Å². The highest BCUT2D eigenvalue weighted by Crippen LogP contribution is 2.71. The molecule has 0 unspecified atom stereocenters. The van der Waals surface area contributed by atoms with Crippen molar-refractivity contribution in [3.8, 4) is 0 Å². The van der Waals surface area contributed by atoms with Gasteiger partial charge in [-0.3, -0.25) is 18.3 Å². The quantitative estimate of drug-likeness (QED) is 0.0837. The van der Waals surface area contributed by atoms with Gasteiger partial charge in [0.05, 0.1) is 56.1 Å². The number of benzene rings is 4. The minimum Gasteiger partial charge on any atom is -0.266 e. The van der Waals surface area contributed by atoms with Gasteiger partial charge in [-0.2, -0.15) is 16.8 Å². The number of pyridine rings is 2. The molecule has 4 fully saturated rings. The fourth-order valence-electron chi connectivity index (χ4n) is 11.5. The molecule has 3 aromatic heterocycles. The van der Waals surface area contributed by atoms with Crippen LogP contribution in [0, 0.1) is 49.4 Å². The standard InChI is InChI=1S/C45H40N4O6S2/c1-24-7-11-26(12-8-24)56(50,51)54-22-36-28-15-16-29(37(36)23-55-57(52,53)27-13-9-25(2)10-14-27)41-35-19-34(40(28)41)32-20-38-39(21-33(32)35)49-45-31-6-4-18-47-43(31)42-30(44(45)48-38)5-3-17-46-42/h3-14,17-18,20-21,28-29,34-37,40-41H,15-16,19,22-23H2,1-2H3/t28-,29+,34+,35-,36-,37-,40+,41-/m1/s1. The van der Waals surface area contributed by atoms with E-state index in [1.807, 2.05) is 38.1 Å². The number of fused-ring (bicyclic) bond motifs is 14. The van der Waals surface area contributed by atoms with Crippen molar-refractivity contribution in [3.63, 3.8) is 0 Å². The molecule has 12 rings (SSSR count). The summed E-state index contributed by atoms with van der Waals surface area (Å²) < 4.78 is 66.0. The lowest BCUT2D eigenvalue weighted by Crippen LogP contribution is -2.55. The Morgan fingerprint density at radius 2 is 1.00 bits per heavy atom. The molecule has 4 aromatic carbocycles. The van der Waals surface area contributed by atoms with Crippen molar-refractivity contribution in [1.82, 2.24) is 19.9 Å². The summed E-state index contributed by atoms with van der Waals surface area (Å²) in [4.78, 5) is 20.1. The molecule has 0 aliphatic heterocycles. The van der Waals surface area contributed by atoms with Crippen LogP contribution >= 0.6 is 0 Å². The first kappa shape index (κ1) is 35.3. The average molecular weight is 797 g/mol. The lowest BCUT2D eigenvalue weighted by molar-refractivity contribution is -0.0996. The van der Waals surface area contributed by atoms with E-state index < -0.39 is 20.2 Å². The molecular formula is C45H40N4O6S2. The number of rotatable bonds is 8. The Labute approximate surface area is 330 Å². The Hall–Kier alpha value is -4.88. The molecular weight excluding hydrogens is 757 g/mol. The van der Waals surface area contributed by atoms with E-state index in [0.717, 1.165) is 74.3 Å². The highest BCUT2D eigenvalue weighted by Gasteiger charge is 2.64. The summed E-state index contributed by atoms with van der Waals surface area (Å²) in [6, 6.07) is 25.7. The molecule has 0 amide bonds. The maximum Gasteiger partial charge on any atom is 0.296 e. The molecule has 8 atom stereocenters. The molecule has 57 heavy (non-hydrogen) atoms. The zero-order chi connectivity index (χ0) is 38.8. The molecule has 5 aliphatic rings. The van der Waals surface area contributed by atoms with Gasteiger partial charge in [0.1, 0.15) is 0 Å². The second-order valence-corrected chi connectivity index (χ2v) is 19.9. The predicted molar refractivity (Wildman–Crippen MR) is 217 cm³/mol. The Balaban J connectivity index is 0.981. The Kier molecular flexibility index (Phi) is 7.93. The van der Waals surface area contributed by atoms with E-state index >= 15 is 0 Å². The summed E-state index contributed by atoms with van der Waals surface area (Å²) in [5.74, 6) is 1.05. The van der Waals surface area contributed by atoms with E-state index in [1.165, 1.54) is 11.1 Å². The molecule has 0 radical (unpaired) electrons. The van der Waals surface area contributed by atoms with Crippen LogP contribution in [0.15, 0.2) is 107 Å². The van der Waals surface area contributed by atoms with Crippen LogP contribution in [-0.4, -0.2) is 50.0 Å². The summed E-state index contributed by atoms with van der Waals surface area (Å²) in [6.07, 6.45) is 6.43. The van der Waals surface area contributed by atoms with Gasteiger partial charge in [0.2, 0.25) is 0 Å². The van der Waals surface area contributed by atoms with E-state index in [2.05, 4.69) is 22.1 Å². The lowest BCUT2D eigenvalue weighted by atomic mass is 9.47. The van der Waals surface area contributed by atoms with Crippen LogP contribution in [-0.2, 0) is 28.6 Å². The molecule has 12 heteroatoms. The van der Waals surface area contributed by atoms with Crippen LogP contribution in [0.2, 0.25) is 0 Å². The number of nitrogens with zero attached hydrogens (tertiary/aromatic N) is 4. The molecule has 0 spiro atoms. The van der Waals surface area contributed by atoms with Crippen LogP contribution in [0.4, 0.5) is 0 Å². The highest BCUT2D eigenvalue weighted by molar-refractivity contribution is 7.87. The van der Waals surface area contributed by atoms with Crippen LogP contribution in [0.3, 0.4) is 0 Å². The first-order valence-electron chi connectivity index (χ1n) is 19.7. The summed E-state index contributed by atoms with van der Waals surface area (Å²) >= 11 is 0. The third kappa shape index (κ3) is 5.47.